The van der Waals surface area contributed by atoms with Gasteiger partial charge in [-0.15, -0.1) is 11.3 Å². The molecule has 1 heterocycles. The van der Waals surface area contributed by atoms with Crippen molar-refractivity contribution in [1.82, 2.24) is 10.3 Å². The van der Waals surface area contributed by atoms with E-state index in [9.17, 15) is 9.90 Å². The summed E-state index contributed by atoms with van der Waals surface area (Å²) in [6.07, 6.45) is 2.45. The third kappa shape index (κ3) is 3.68. The normalized spacial score (nSPS) is 16.7. The molecule has 1 unspecified atom stereocenters. The zero-order valence-electron chi connectivity index (χ0n) is 14.4. The van der Waals surface area contributed by atoms with Gasteiger partial charge in [0, 0.05) is 10.4 Å². The molecule has 4 nitrogen and oxygen atoms in total. The Kier molecular flexibility index (Phi) is 4.74. The topological polar surface area (TPSA) is 62.2 Å². The van der Waals surface area contributed by atoms with E-state index in [1.807, 2.05) is 26.0 Å². The number of aryl methyl sites for hydroxylation is 2. The predicted molar refractivity (Wildman–Crippen MR) is 97.1 cm³/mol. The van der Waals surface area contributed by atoms with Gasteiger partial charge >= 0.3 is 0 Å². The summed E-state index contributed by atoms with van der Waals surface area (Å²) in [5.74, 6) is 0.349. The van der Waals surface area contributed by atoms with Crippen molar-refractivity contribution in [3.8, 4) is 11.3 Å². The van der Waals surface area contributed by atoms with E-state index >= 15 is 0 Å². The average Bonchev–Trinajstić information content (AvgIpc) is 3.33. The molecule has 0 spiro atoms. The number of hydrogen-bond donors (Lipinski definition) is 2. The summed E-state index contributed by atoms with van der Waals surface area (Å²) in [6, 6.07) is 8.22. The molecule has 1 aliphatic rings. The minimum absolute atomic E-state index is 0.0179. The third-order valence-corrected chi connectivity index (χ3v) is 5.65. The van der Waals surface area contributed by atoms with Crippen LogP contribution in [0.15, 0.2) is 24.3 Å². The van der Waals surface area contributed by atoms with Gasteiger partial charge in [-0.05, 0) is 39.5 Å². The minimum atomic E-state index is -0.499. The van der Waals surface area contributed by atoms with E-state index in [0.29, 0.717) is 12.3 Å². The van der Waals surface area contributed by atoms with Crippen LogP contribution in [-0.2, 0) is 11.2 Å². The van der Waals surface area contributed by atoms with Crippen LogP contribution >= 0.6 is 11.3 Å². The number of benzene rings is 1. The number of nitrogens with zero attached hydrogens (tertiary/aromatic N) is 1. The van der Waals surface area contributed by atoms with E-state index in [4.69, 9.17) is 0 Å². The summed E-state index contributed by atoms with van der Waals surface area (Å²) in [5, 5.41) is 13.6. The Hall–Kier alpha value is -1.72. The Balaban J connectivity index is 1.77. The lowest BCUT2D eigenvalue weighted by Crippen LogP contribution is -2.51. The molecular formula is C19H24N2O2S. The Morgan fingerprint density at radius 2 is 2.00 bits per heavy atom. The Bertz CT molecular complexity index is 734. The van der Waals surface area contributed by atoms with Gasteiger partial charge in [-0.1, -0.05) is 29.8 Å². The van der Waals surface area contributed by atoms with Gasteiger partial charge in [0.05, 0.1) is 29.3 Å². The van der Waals surface area contributed by atoms with Gasteiger partial charge in [0.1, 0.15) is 0 Å². The Labute approximate surface area is 146 Å². The molecule has 1 aromatic heterocycles. The van der Waals surface area contributed by atoms with Gasteiger partial charge in [-0.25, -0.2) is 4.98 Å². The molecule has 5 heteroatoms. The van der Waals surface area contributed by atoms with E-state index in [-0.39, 0.29) is 12.5 Å². The third-order valence-electron chi connectivity index (χ3n) is 4.68. The van der Waals surface area contributed by atoms with Crippen molar-refractivity contribution < 1.29 is 9.90 Å². The monoisotopic (exact) mass is 344 g/mol. The second-order valence-electron chi connectivity index (χ2n) is 6.95. The molecule has 24 heavy (non-hydrogen) atoms. The molecule has 1 saturated carbocycles. The lowest BCUT2D eigenvalue weighted by atomic mass is 9.96. The average molecular weight is 344 g/mol. The number of thiazole rings is 1. The van der Waals surface area contributed by atoms with Crippen LogP contribution in [0.25, 0.3) is 11.3 Å². The summed E-state index contributed by atoms with van der Waals surface area (Å²) < 4.78 is 0. The van der Waals surface area contributed by atoms with Crippen LogP contribution in [0, 0.1) is 19.8 Å². The van der Waals surface area contributed by atoms with Crippen molar-refractivity contribution in [2.24, 2.45) is 5.92 Å². The van der Waals surface area contributed by atoms with Gasteiger partial charge in [0.15, 0.2) is 0 Å². The zero-order valence-corrected chi connectivity index (χ0v) is 15.2. The lowest BCUT2D eigenvalue weighted by molar-refractivity contribution is -0.123. The first kappa shape index (κ1) is 17.1. The van der Waals surface area contributed by atoms with Gasteiger partial charge in [0.2, 0.25) is 5.91 Å². The summed E-state index contributed by atoms with van der Waals surface area (Å²) in [4.78, 5) is 18.1. The molecule has 3 rings (SSSR count). The number of hydrogen-bond acceptors (Lipinski definition) is 4. The maximum atomic E-state index is 12.5. The fraction of sp³-hybridized carbons (Fsp3) is 0.474. The first-order chi connectivity index (χ1) is 11.4. The fourth-order valence-corrected chi connectivity index (χ4v) is 3.98. The number of carbonyl (C=O) groups excluding carboxylic acids is 1. The van der Waals surface area contributed by atoms with Crippen LogP contribution in [-0.4, -0.2) is 28.1 Å². The molecular weight excluding hydrogens is 320 g/mol. The number of aliphatic hydroxyl groups is 1. The van der Waals surface area contributed by atoms with Gasteiger partial charge in [0.25, 0.3) is 0 Å². The second kappa shape index (κ2) is 6.65. The highest BCUT2D eigenvalue weighted by Gasteiger charge is 2.42. The first-order valence-corrected chi connectivity index (χ1v) is 9.18. The highest BCUT2D eigenvalue weighted by atomic mass is 32.1. The van der Waals surface area contributed by atoms with Gasteiger partial charge < -0.3 is 10.4 Å². The highest BCUT2D eigenvalue weighted by Crippen LogP contribution is 2.39. The van der Waals surface area contributed by atoms with Crippen LogP contribution in [0.5, 0.6) is 0 Å². The zero-order chi connectivity index (χ0) is 17.3. The van der Waals surface area contributed by atoms with Crippen LogP contribution < -0.4 is 5.32 Å². The van der Waals surface area contributed by atoms with Crippen molar-refractivity contribution in [2.45, 2.75) is 45.6 Å². The minimum Gasteiger partial charge on any atom is -0.394 e. The summed E-state index contributed by atoms with van der Waals surface area (Å²) in [6.45, 7) is 5.93. The fourth-order valence-electron chi connectivity index (χ4n) is 3.03. The Morgan fingerprint density at radius 3 is 2.58 bits per heavy atom. The molecule has 1 fully saturated rings. The van der Waals surface area contributed by atoms with Crippen LogP contribution in [0.4, 0.5) is 0 Å². The van der Waals surface area contributed by atoms with Crippen molar-refractivity contribution in [2.75, 3.05) is 6.61 Å². The number of aliphatic hydroxyl groups excluding tert-OH is 1. The quantitative estimate of drug-likeness (QED) is 0.845. The molecule has 1 aliphatic carbocycles. The van der Waals surface area contributed by atoms with E-state index in [1.165, 1.54) is 5.56 Å². The number of amides is 1. The molecule has 0 radical (unpaired) electrons. The summed E-state index contributed by atoms with van der Waals surface area (Å²) in [7, 11) is 0. The molecule has 1 atom stereocenters. The highest BCUT2D eigenvalue weighted by molar-refractivity contribution is 7.12. The lowest BCUT2D eigenvalue weighted by Gasteiger charge is -2.28. The van der Waals surface area contributed by atoms with Crippen molar-refractivity contribution in [1.29, 1.82) is 0 Å². The molecule has 0 saturated heterocycles. The number of rotatable bonds is 6. The molecule has 0 bridgehead atoms. The molecule has 2 aromatic rings. The maximum absolute atomic E-state index is 12.5. The largest absolute Gasteiger partial charge is 0.394 e. The number of nitrogens with one attached hydrogen (secondary N) is 1. The van der Waals surface area contributed by atoms with Crippen LogP contribution in [0.1, 0.15) is 35.2 Å². The molecule has 1 amide bonds. The standard InChI is InChI=1S/C19H24N2O2S/c1-12-4-6-14(7-5-12)18-16(24-13(2)20-18)10-17(23)21-19(3,11-22)15-8-9-15/h4-7,15,22H,8-11H2,1-3H3,(H,21,23). The van der Waals surface area contributed by atoms with Gasteiger partial charge in [-0.3, -0.25) is 4.79 Å². The smallest absolute Gasteiger partial charge is 0.225 e. The summed E-state index contributed by atoms with van der Waals surface area (Å²) >= 11 is 1.56. The first-order valence-electron chi connectivity index (χ1n) is 8.36. The maximum Gasteiger partial charge on any atom is 0.225 e. The predicted octanol–water partition coefficient (Wildman–Crippen LogP) is 3.25. The van der Waals surface area contributed by atoms with Crippen LogP contribution in [0.3, 0.4) is 0 Å². The second-order valence-corrected chi connectivity index (χ2v) is 8.23. The number of carbonyl (C=O) groups is 1. The molecule has 0 aliphatic heterocycles. The molecule has 128 valence electrons. The number of aromatic nitrogens is 1. The SMILES string of the molecule is Cc1ccc(-c2nc(C)sc2CC(=O)NC(C)(CO)C2CC2)cc1. The van der Waals surface area contributed by atoms with E-state index in [2.05, 4.69) is 29.4 Å². The van der Waals surface area contributed by atoms with Crippen LogP contribution in [0.2, 0.25) is 0 Å². The Morgan fingerprint density at radius 1 is 1.33 bits per heavy atom. The van der Waals surface area contributed by atoms with Crippen molar-refractivity contribution in [3.63, 3.8) is 0 Å². The molecule has 1 aromatic carbocycles. The van der Waals surface area contributed by atoms with Crippen molar-refractivity contribution in [3.05, 3.63) is 39.7 Å². The molecule has 2 N–H and O–H groups in total. The summed E-state index contributed by atoms with van der Waals surface area (Å²) in [5.41, 5.74) is 2.64. The van der Waals surface area contributed by atoms with E-state index in [1.54, 1.807) is 11.3 Å². The van der Waals surface area contributed by atoms with Crippen molar-refractivity contribution >= 4 is 17.2 Å². The van der Waals surface area contributed by atoms with E-state index < -0.39 is 5.54 Å². The van der Waals surface area contributed by atoms with Gasteiger partial charge in [-0.2, -0.15) is 0 Å². The van der Waals surface area contributed by atoms with E-state index in [0.717, 1.165) is 34.0 Å².